The Morgan fingerprint density at radius 1 is 0.941 bits per heavy atom. The number of nitrogens with zero attached hydrogens (tertiary/aromatic N) is 1. The Kier molecular flexibility index (Phi) is 5.61. The number of benzene rings is 3. The highest BCUT2D eigenvalue weighted by molar-refractivity contribution is 7.92. The highest BCUT2D eigenvalue weighted by Crippen LogP contribution is 2.37. The summed E-state index contributed by atoms with van der Waals surface area (Å²) in [4.78, 5) is 21.3. The number of fused-ring (bicyclic) bond motifs is 1. The summed E-state index contributed by atoms with van der Waals surface area (Å²) in [5.41, 5.74) is -2.78. The van der Waals surface area contributed by atoms with Crippen molar-refractivity contribution in [2.45, 2.75) is 11.1 Å². The van der Waals surface area contributed by atoms with E-state index < -0.39 is 37.3 Å². The van der Waals surface area contributed by atoms with Gasteiger partial charge in [0.2, 0.25) is 0 Å². The first kappa shape index (κ1) is 23.0. The minimum atomic E-state index is -5.14. The molecule has 8 nitrogen and oxygen atoms in total. The molecule has 0 spiro atoms. The Balaban J connectivity index is 1.74. The van der Waals surface area contributed by atoms with E-state index in [0.29, 0.717) is 17.7 Å². The van der Waals surface area contributed by atoms with Crippen LogP contribution in [0.1, 0.15) is 5.56 Å². The van der Waals surface area contributed by atoms with Gasteiger partial charge in [-0.1, -0.05) is 30.3 Å². The molecule has 0 atom stereocenters. The molecular weight excluding hydrogens is 477 g/mol. The number of nitro groups is 1. The quantitative estimate of drug-likeness (QED) is 0.304. The van der Waals surface area contributed by atoms with Gasteiger partial charge in [0.15, 0.2) is 5.43 Å². The van der Waals surface area contributed by atoms with E-state index in [2.05, 4.69) is 4.72 Å². The number of nitro benzene ring substituents is 1. The van der Waals surface area contributed by atoms with Crippen molar-refractivity contribution in [1.29, 1.82) is 0 Å². The number of hydrogen-bond donors (Lipinski definition) is 1. The smallest absolute Gasteiger partial charge is 0.423 e. The average Bonchev–Trinajstić information content (AvgIpc) is 2.78. The molecule has 34 heavy (non-hydrogen) atoms. The van der Waals surface area contributed by atoms with Gasteiger partial charge in [-0.15, -0.1) is 0 Å². The molecule has 1 N–H and O–H groups in total. The third kappa shape index (κ3) is 4.48. The predicted octanol–water partition coefficient (Wildman–Crippen LogP) is 5.19. The molecule has 0 aliphatic carbocycles. The third-order valence-electron chi connectivity index (χ3n) is 4.82. The van der Waals surface area contributed by atoms with E-state index in [1.165, 1.54) is 24.3 Å². The average molecular weight is 490 g/mol. The summed E-state index contributed by atoms with van der Waals surface area (Å²) in [7, 11) is -4.57. The van der Waals surface area contributed by atoms with Gasteiger partial charge < -0.3 is 4.42 Å². The summed E-state index contributed by atoms with van der Waals surface area (Å²) in [6, 6.07) is 15.1. The lowest BCUT2D eigenvalue weighted by Gasteiger charge is -2.12. The minimum absolute atomic E-state index is 0.0474. The molecule has 0 bridgehead atoms. The predicted molar refractivity (Wildman–Crippen MR) is 117 cm³/mol. The monoisotopic (exact) mass is 490 g/mol. The number of halogens is 3. The van der Waals surface area contributed by atoms with Crippen LogP contribution >= 0.6 is 0 Å². The van der Waals surface area contributed by atoms with Gasteiger partial charge in [-0.3, -0.25) is 19.6 Å². The first-order valence-corrected chi connectivity index (χ1v) is 11.0. The lowest BCUT2D eigenvalue weighted by molar-refractivity contribution is -0.388. The first-order chi connectivity index (χ1) is 16.0. The highest BCUT2D eigenvalue weighted by Gasteiger charge is 2.39. The molecule has 174 valence electrons. The maximum atomic E-state index is 13.2. The fourth-order valence-corrected chi connectivity index (χ4v) is 4.32. The van der Waals surface area contributed by atoms with E-state index in [1.807, 2.05) is 0 Å². The molecule has 0 fully saturated rings. The fourth-order valence-electron chi connectivity index (χ4n) is 3.25. The lowest BCUT2D eigenvalue weighted by atomic mass is 10.1. The van der Waals surface area contributed by atoms with Gasteiger partial charge >= 0.3 is 6.18 Å². The Morgan fingerprint density at radius 2 is 1.65 bits per heavy atom. The maximum Gasteiger partial charge on any atom is 0.423 e. The number of rotatable bonds is 5. The summed E-state index contributed by atoms with van der Waals surface area (Å²) in [6.45, 7) is 0. The Hall–Kier alpha value is -4.19. The molecule has 12 heteroatoms. The topological polar surface area (TPSA) is 120 Å². The molecule has 1 aromatic heterocycles. The second-order valence-corrected chi connectivity index (χ2v) is 8.77. The van der Waals surface area contributed by atoms with Crippen molar-refractivity contribution in [2.24, 2.45) is 0 Å². The van der Waals surface area contributed by atoms with Crippen LogP contribution in [-0.4, -0.2) is 13.3 Å². The second kappa shape index (κ2) is 8.30. The number of anilines is 1. The van der Waals surface area contributed by atoms with Crippen molar-refractivity contribution in [3.05, 3.63) is 98.7 Å². The van der Waals surface area contributed by atoms with E-state index in [-0.39, 0.29) is 33.9 Å². The van der Waals surface area contributed by atoms with Gasteiger partial charge in [-0.05, 0) is 24.3 Å². The molecule has 0 radical (unpaired) electrons. The van der Waals surface area contributed by atoms with Crippen LogP contribution < -0.4 is 10.2 Å². The Labute approximate surface area is 189 Å². The van der Waals surface area contributed by atoms with E-state index >= 15 is 0 Å². The molecule has 0 saturated carbocycles. The van der Waals surface area contributed by atoms with Gasteiger partial charge in [0.1, 0.15) is 16.9 Å². The normalized spacial score (nSPS) is 12.0. The Bertz CT molecular complexity index is 1580. The zero-order valence-electron chi connectivity index (χ0n) is 16.9. The van der Waals surface area contributed by atoms with Crippen LogP contribution in [-0.2, 0) is 16.2 Å². The van der Waals surface area contributed by atoms with E-state index in [4.69, 9.17) is 4.42 Å². The van der Waals surface area contributed by atoms with Crippen LogP contribution in [0, 0.1) is 10.1 Å². The summed E-state index contributed by atoms with van der Waals surface area (Å²) in [5.74, 6) is 0.239. The van der Waals surface area contributed by atoms with Gasteiger partial charge in [0.05, 0.1) is 20.9 Å². The van der Waals surface area contributed by atoms with Crippen molar-refractivity contribution in [2.75, 3.05) is 4.72 Å². The molecule has 0 saturated heterocycles. The standard InChI is InChI=1S/C22H13F3N2O6S/c23-22(24,25)17-11-15(7-9-18(17)27(29)30)34(31,32)26-14-6-8-16-19(28)12-20(33-21(16)10-14)13-4-2-1-3-5-13/h1-12,26H. The van der Waals surface area contributed by atoms with Crippen LogP contribution in [0.25, 0.3) is 22.3 Å². The van der Waals surface area contributed by atoms with Crippen molar-refractivity contribution in [3.8, 4) is 11.3 Å². The molecule has 0 aliphatic heterocycles. The van der Waals surface area contributed by atoms with E-state index in [9.17, 15) is 36.5 Å². The number of nitrogens with one attached hydrogen (secondary N) is 1. The summed E-state index contributed by atoms with van der Waals surface area (Å²) in [6.07, 6.45) is -5.14. The van der Waals surface area contributed by atoms with Crippen LogP contribution in [0.4, 0.5) is 24.5 Å². The number of sulfonamides is 1. The molecule has 3 aromatic carbocycles. The largest absolute Gasteiger partial charge is 0.456 e. The molecule has 1 heterocycles. The minimum Gasteiger partial charge on any atom is -0.456 e. The third-order valence-corrected chi connectivity index (χ3v) is 6.20. The van der Waals surface area contributed by atoms with Gasteiger partial charge in [0, 0.05) is 23.8 Å². The highest BCUT2D eigenvalue weighted by atomic mass is 32.2. The fraction of sp³-hybridized carbons (Fsp3) is 0.0455. The molecule has 0 aliphatic rings. The van der Waals surface area contributed by atoms with Crippen molar-refractivity contribution in [1.82, 2.24) is 0 Å². The first-order valence-electron chi connectivity index (χ1n) is 9.47. The van der Waals surface area contributed by atoms with Crippen LogP contribution in [0.2, 0.25) is 0 Å². The van der Waals surface area contributed by atoms with Gasteiger partial charge in [-0.25, -0.2) is 8.42 Å². The summed E-state index contributed by atoms with van der Waals surface area (Å²) < 4.78 is 73.0. The zero-order chi connectivity index (χ0) is 24.7. The van der Waals surface area contributed by atoms with E-state index in [0.717, 1.165) is 0 Å². The zero-order valence-corrected chi connectivity index (χ0v) is 17.7. The summed E-state index contributed by atoms with van der Waals surface area (Å²) >= 11 is 0. The van der Waals surface area contributed by atoms with Crippen LogP contribution in [0.5, 0.6) is 0 Å². The summed E-state index contributed by atoms with van der Waals surface area (Å²) in [5, 5.41) is 11.1. The van der Waals surface area contributed by atoms with Crippen molar-refractivity contribution >= 4 is 32.4 Å². The molecular formula is C22H13F3N2O6S. The maximum absolute atomic E-state index is 13.2. The van der Waals surface area contributed by atoms with E-state index in [1.54, 1.807) is 30.3 Å². The molecule has 0 unspecified atom stereocenters. The van der Waals surface area contributed by atoms with Gasteiger partial charge in [0.25, 0.3) is 15.7 Å². The second-order valence-electron chi connectivity index (χ2n) is 7.09. The Morgan fingerprint density at radius 3 is 2.29 bits per heavy atom. The number of alkyl halides is 3. The number of hydrogen-bond acceptors (Lipinski definition) is 6. The van der Waals surface area contributed by atoms with Crippen molar-refractivity contribution in [3.63, 3.8) is 0 Å². The van der Waals surface area contributed by atoms with Crippen LogP contribution in [0.15, 0.2) is 86.9 Å². The lowest BCUT2D eigenvalue weighted by Crippen LogP contribution is -2.16. The molecule has 4 rings (SSSR count). The van der Waals surface area contributed by atoms with Crippen molar-refractivity contribution < 1.29 is 30.9 Å². The SMILES string of the molecule is O=c1cc(-c2ccccc2)oc2cc(NS(=O)(=O)c3ccc([N+](=O)[O-])c(C(F)(F)F)c3)ccc12. The van der Waals surface area contributed by atoms with Crippen LogP contribution in [0.3, 0.4) is 0 Å². The van der Waals surface area contributed by atoms with Gasteiger partial charge in [-0.2, -0.15) is 13.2 Å². The molecule has 0 amide bonds. The molecule has 4 aromatic rings.